The average Bonchev–Trinajstić information content (AvgIpc) is 3.62. The van der Waals surface area contributed by atoms with Crippen LogP contribution in [0, 0.1) is 6.92 Å². The fourth-order valence-corrected chi connectivity index (χ4v) is 7.11. The number of nitrogens with one attached hydrogen (secondary N) is 2. The Labute approximate surface area is 246 Å². The largest absolute Gasteiger partial charge is 0.385 e. The second-order valence-electron chi connectivity index (χ2n) is 12.2. The number of piperidine rings is 2. The number of carbonyl (C=O) groups is 1. The van der Waals surface area contributed by atoms with Crippen LogP contribution in [-0.2, 0) is 5.60 Å². The summed E-state index contributed by atoms with van der Waals surface area (Å²) in [5, 5.41) is 22.8. The summed E-state index contributed by atoms with van der Waals surface area (Å²) in [5.41, 5.74) is 4.72. The highest BCUT2D eigenvalue weighted by Crippen LogP contribution is 2.38. The van der Waals surface area contributed by atoms with Gasteiger partial charge in [0.1, 0.15) is 0 Å². The van der Waals surface area contributed by atoms with Crippen LogP contribution in [0.2, 0.25) is 0 Å². The maximum Gasteiger partial charge on any atom is 0.254 e. The standard InChI is InChI=1S/C33H39N7O2/c1-24-5-9-26(10-6-24)33(42)16-22-38(23-17-33)28-4-2-21-40-29(28)36-31(37-40)35-27-11-7-25(8-12-27)30(41)39-20-3-13-32(39)14-18-34-19-15-32/h2,4-12,21,34,42H,3,13-20,22-23H2,1H3,(H,35,37). The number of aromatic nitrogens is 3. The first kappa shape index (κ1) is 26.9. The van der Waals surface area contributed by atoms with Gasteiger partial charge in [-0.1, -0.05) is 29.8 Å². The van der Waals surface area contributed by atoms with E-state index in [4.69, 9.17) is 4.98 Å². The normalized spacial score (nSPS) is 19.9. The Morgan fingerprint density at radius 1 is 0.929 bits per heavy atom. The summed E-state index contributed by atoms with van der Waals surface area (Å²) >= 11 is 0. The zero-order valence-electron chi connectivity index (χ0n) is 24.2. The topological polar surface area (TPSA) is 98.0 Å². The highest BCUT2D eigenvalue weighted by molar-refractivity contribution is 5.95. The number of carbonyl (C=O) groups excluding carboxylic acids is 1. The highest BCUT2D eigenvalue weighted by atomic mass is 16.3. The molecule has 9 heteroatoms. The molecule has 1 amide bonds. The van der Waals surface area contributed by atoms with E-state index in [9.17, 15) is 9.90 Å². The minimum absolute atomic E-state index is 0.0190. The summed E-state index contributed by atoms with van der Waals surface area (Å²) in [5.74, 6) is 0.634. The van der Waals surface area contributed by atoms with Gasteiger partial charge in [-0.05, 0) is 100 Å². The molecule has 1 spiro atoms. The number of anilines is 3. The van der Waals surface area contributed by atoms with E-state index in [-0.39, 0.29) is 11.4 Å². The van der Waals surface area contributed by atoms with E-state index in [1.54, 1.807) is 4.52 Å². The van der Waals surface area contributed by atoms with Crippen LogP contribution in [0.25, 0.3) is 5.65 Å². The number of nitrogens with zero attached hydrogens (tertiary/aromatic N) is 5. The molecule has 0 aliphatic carbocycles. The van der Waals surface area contributed by atoms with Crippen LogP contribution < -0.4 is 15.5 Å². The van der Waals surface area contributed by atoms with Crippen LogP contribution in [0.3, 0.4) is 0 Å². The molecule has 0 atom stereocenters. The van der Waals surface area contributed by atoms with Crippen LogP contribution in [-0.4, -0.2) is 68.8 Å². The molecule has 7 rings (SSSR count). The summed E-state index contributed by atoms with van der Waals surface area (Å²) in [4.78, 5) is 22.7. The number of likely N-dealkylation sites (tertiary alicyclic amines) is 1. The van der Waals surface area contributed by atoms with Gasteiger partial charge in [-0.15, -0.1) is 5.10 Å². The predicted octanol–water partition coefficient (Wildman–Crippen LogP) is 4.63. The van der Waals surface area contributed by atoms with Gasteiger partial charge in [-0.2, -0.15) is 4.98 Å². The number of aryl methyl sites for hydroxylation is 1. The molecular formula is C33H39N7O2. The Kier molecular flexibility index (Phi) is 6.86. The van der Waals surface area contributed by atoms with Crippen LogP contribution in [0.15, 0.2) is 66.9 Å². The second-order valence-corrected chi connectivity index (χ2v) is 12.2. The third-order valence-corrected chi connectivity index (χ3v) is 9.63. The lowest BCUT2D eigenvalue weighted by molar-refractivity contribution is 0.0118. The number of fused-ring (bicyclic) bond motifs is 1. The van der Waals surface area contributed by atoms with Gasteiger partial charge in [0.05, 0.1) is 11.3 Å². The lowest BCUT2D eigenvalue weighted by Crippen LogP contribution is -2.53. The minimum atomic E-state index is -0.813. The number of amides is 1. The molecule has 3 aliphatic rings. The van der Waals surface area contributed by atoms with Crippen LogP contribution in [0.4, 0.5) is 17.3 Å². The molecule has 9 nitrogen and oxygen atoms in total. The highest BCUT2D eigenvalue weighted by Gasteiger charge is 2.44. The van der Waals surface area contributed by atoms with Crippen LogP contribution >= 0.6 is 0 Å². The van der Waals surface area contributed by atoms with Crippen molar-refractivity contribution in [1.29, 1.82) is 0 Å². The lowest BCUT2D eigenvalue weighted by atomic mass is 9.84. The van der Waals surface area contributed by atoms with Crippen LogP contribution in [0.5, 0.6) is 0 Å². The maximum absolute atomic E-state index is 13.5. The van der Waals surface area contributed by atoms with E-state index in [1.807, 2.05) is 48.7 Å². The van der Waals surface area contributed by atoms with Gasteiger partial charge in [-0.3, -0.25) is 4.79 Å². The van der Waals surface area contributed by atoms with Crippen LogP contribution in [0.1, 0.15) is 60.0 Å². The van der Waals surface area contributed by atoms with Gasteiger partial charge < -0.3 is 25.5 Å². The molecule has 3 aliphatic heterocycles. The van der Waals surface area contributed by atoms with E-state index in [0.717, 1.165) is 86.6 Å². The van der Waals surface area contributed by atoms with Gasteiger partial charge in [0.25, 0.3) is 5.91 Å². The summed E-state index contributed by atoms with van der Waals surface area (Å²) < 4.78 is 1.79. The molecule has 0 radical (unpaired) electrons. The Hall–Kier alpha value is -3.95. The number of aliphatic hydroxyl groups is 1. The van der Waals surface area contributed by atoms with E-state index >= 15 is 0 Å². The molecule has 4 aromatic rings. The summed E-state index contributed by atoms with van der Waals surface area (Å²) in [6.45, 7) is 6.32. The molecule has 2 aromatic carbocycles. The Morgan fingerprint density at radius 2 is 1.67 bits per heavy atom. The van der Waals surface area contributed by atoms with Crippen molar-refractivity contribution >= 4 is 28.9 Å². The Morgan fingerprint density at radius 3 is 2.40 bits per heavy atom. The van der Waals surface area contributed by atoms with Crippen molar-refractivity contribution < 1.29 is 9.90 Å². The first-order valence-electron chi connectivity index (χ1n) is 15.2. The summed E-state index contributed by atoms with van der Waals surface area (Å²) in [6.07, 6.45) is 7.45. The first-order chi connectivity index (χ1) is 20.4. The van der Waals surface area contributed by atoms with E-state index in [0.29, 0.717) is 18.8 Å². The molecule has 3 fully saturated rings. The number of rotatable bonds is 5. The van der Waals surface area contributed by atoms with Gasteiger partial charge >= 0.3 is 0 Å². The van der Waals surface area contributed by atoms with Crippen molar-refractivity contribution in [3.63, 3.8) is 0 Å². The zero-order valence-corrected chi connectivity index (χ0v) is 24.2. The molecule has 0 saturated carbocycles. The monoisotopic (exact) mass is 565 g/mol. The zero-order chi connectivity index (χ0) is 28.7. The Balaban J connectivity index is 1.04. The number of benzene rings is 2. The van der Waals surface area contributed by atoms with Crippen molar-refractivity contribution in [2.45, 2.75) is 56.6 Å². The smallest absolute Gasteiger partial charge is 0.254 e. The molecule has 3 saturated heterocycles. The number of pyridine rings is 1. The molecule has 0 bridgehead atoms. The lowest BCUT2D eigenvalue weighted by Gasteiger charge is -2.42. The molecular weight excluding hydrogens is 526 g/mol. The number of hydrogen-bond acceptors (Lipinski definition) is 7. The van der Waals surface area contributed by atoms with Gasteiger partial charge in [0.15, 0.2) is 5.65 Å². The fourth-order valence-electron chi connectivity index (χ4n) is 7.11. The molecule has 218 valence electrons. The summed E-state index contributed by atoms with van der Waals surface area (Å²) in [7, 11) is 0. The Bertz CT molecular complexity index is 1570. The third-order valence-electron chi connectivity index (χ3n) is 9.63. The van der Waals surface area contributed by atoms with Gasteiger partial charge in [0.2, 0.25) is 5.95 Å². The molecule has 42 heavy (non-hydrogen) atoms. The van der Waals surface area contributed by atoms with Crippen molar-refractivity contribution in [2.24, 2.45) is 0 Å². The predicted molar refractivity (Wildman–Crippen MR) is 164 cm³/mol. The third kappa shape index (κ3) is 4.90. The quantitative estimate of drug-likeness (QED) is 0.325. The minimum Gasteiger partial charge on any atom is -0.385 e. The molecule has 0 unspecified atom stereocenters. The number of hydrogen-bond donors (Lipinski definition) is 3. The van der Waals surface area contributed by atoms with E-state index < -0.39 is 5.60 Å². The molecule has 5 heterocycles. The first-order valence-corrected chi connectivity index (χ1v) is 15.2. The van der Waals surface area contributed by atoms with E-state index in [2.05, 4.69) is 50.7 Å². The summed E-state index contributed by atoms with van der Waals surface area (Å²) in [6, 6.07) is 19.9. The van der Waals surface area contributed by atoms with Crippen molar-refractivity contribution in [2.75, 3.05) is 42.9 Å². The molecule has 3 N–H and O–H groups in total. The van der Waals surface area contributed by atoms with E-state index in [1.165, 1.54) is 5.56 Å². The maximum atomic E-state index is 13.5. The van der Waals surface area contributed by atoms with Crippen molar-refractivity contribution in [3.8, 4) is 0 Å². The van der Waals surface area contributed by atoms with Crippen molar-refractivity contribution in [1.82, 2.24) is 24.8 Å². The van der Waals surface area contributed by atoms with Gasteiger partial charge in [-0.25, -0.2) is 4.52 Å². The SMILES string of the molecule is Cc1ccc(C2(O)CCN(c3cccn4nc(Nc5ccc(C(=O)N6CCCC67CCNCC7)cc5)nc34)CC2)cc1. The van der Waals surface area contributed by atoms with Crippen molar-refractivity contribution in [3.05, 3.63) is 83.6 Å². The van der Waals surface area contributed by atoms with Gasteiger partial charge in [0, 0.05) is 42.6 Å². The fraction of sp³-hybridized carbons (Fsp3) is 0.424. The average molecular weight is 566 g/mol. The second kappa shape index (κ2) is 10.7. The molecule has 2 aromatic heterocycles.